The molecular weight excluding hydrogens is 116 g/mol. The molecule has 4 N–H and O–H groups in total. The Bertz CT molecular complexity index is 81.0. The van der Waals surface area contributed by atoms with Crippen LogP contribution >= 0.6 is 0 Å². The highest BCUT2D eigenvalue weighted by Gasteiger charge is 1.88. The van der Waals surface area contributed by atoms with Crippen LogP contribution in [0.25, 0.3) is 0 Å². The molecular formula is C5H14N4. The summed E-state index contributed by atoms with van der Waals surface area (Å²) in [5, 5.41) is 4.74. The molecule has 9 heavy (non-hydrogen) atoms. The van der Waals surface area contributed by atoms with Crippen molar-refractivity contribution in [2.75, 3.05) is 6.54 Å². The maximum atomic E-state index is 5.37. The molecule has 0 aromatic rings. The summed E-state index contributed by atoms with van der Waals surface area (Å²) in [6, 6.07) is 0. The van der Waals surface area contributed by atoms with Crippen molar-refractivity contribution in [1.82, 2.24) is 5.01 Å². The Labute approximate surface area is 55.5 Å². The van der Waals surface area contributed by atoms with E-state index in [1.54, 1.807) is 0 Å². The Balaban J connectivity index is 3.15. The molecule has 0 amide bonds. The molecule has 0 radical (unpaired) electrons. The van der Waals surface area contributed by atoms with Crippen LogP contribution in [0.1, 0.15) is 19.8 Å². The minimum absolute atomic E-state index is 0.817. The molecule has 0 heterocycles. The molecule has 0 aliphatic rings. The third-order valence-corrected chi connectivity index (χ3v) is 0.985. The number of hydrogen-bond donors (Lipinski definition) is 2. The lowest BCUT2D eigenvalue weighted by atomic mass is 10.3. The van der Waals surface area contributed by atoms with Gasteiger partial charge in [0.15, 0.2) is 0 Å². The van der Waals surface area contributed by atoms with E-state index in [9.17, 15) is 0 Å². The van der Waals surface area contributed by atoms with Crippen molar-refractivity contribution in [1.29, 1.82) is 0 Å². The van der Waals surface area contributed by atoms with Gasteiger partial charge in [0.1, 0.15) is 6.34 Å². The Morgan fingerprint density at radius 2 is 2.33 bits per heavy atom. The van der Waals surface area contributed by atoms with Crippen LogP contribution in [0.3, 0.4) is 0 Å². The molecule has 0 saturated heterocycles. The molecule has 0 unspecified atom stereocenters. The normalized spacial score (nSPS) is 10.4. The summed E-state index contributed by atoms with van der Waals surface area (Å²) < 4.78 is 0. The van der Waals surface area contributed by atoms with E-state index < -0.39 is 0 Å². The summed E-state index contributed by atoms with van der Waals surface area (Å²) in [4.78, 5) is 0. The van der Waals surface area contributed by atoms with Gasteiger partial charge >= 0.3 is 0 Å². The van der Waals surface area contributed by atoms with E-state index in [4.69, 9.17) is 11.7 Å². The third-order valence-electron chi connectivity index (χ3n) is 0.985. The Morgan fingerprint density at radius 1 is 1.67 bits per heavy atom. The molecule has 0 rings (SSSR count). The number of rotatable bonds is 4. The van der Waals surface area contributed by atoms with Gasteiger partial charge in [0.2, 0.25) is 0 Å². The number of hydrazone groups is 1. The topological polar surface area (TPSA) is 67.6 Å². The van der Waals surface area contributed by atoms with Gasteiger partial charge in [-0.1, -0.05) is 13.3 Å². The average molecular weight is 130 g/mol. The second-order valence-corrected chi connectivity index (χ2v) is 1.86. The Kier molecular flexibility index (Phi) is 4.91. The Hall–Kier alpha value is -0.770. The van der Waals surface area contributed by atoms with Gasteiger partial charge in [-0.05, 0) is 6.42 Å². The minimum Gasteiger partial charge on any atom is -0.322 e. The van der Waals surface area contributed by atoms with E-state index >= 15 is 0 Å². The number of hydrogen-bond acceptors (Lipinski definition) is 3. The van der Waals surface area contributed by atoms with E-state index in [2.05, 4.69) is 12.0 Å². The molecule has 0 aromatic carbocycles. The fraction of sp³-hybridized carbons (Fsp3) is 0.800. The molecule has 0 saturated carbocycles. The summed E-state index contributed by atoms with van der Waals surface area (Å²) in [5.74, 6) is 10.2. The number of nitrogens with zero attached hydrogens (tertiary/aromatic N) is 2. The summed E-state index contributed by atoms with van der Waals surface area (Å²) in [6.07, 6.45) is 3.62. The molecule has 0 aromatic heterocycles. The monoisotopic (exact) mass is 130 g/mol. The van der Waals surface area contributed by atoms with Crippen molar-refractivity contribution in [3.63, 3.8) is 0 Å². The SMILES string of the molecule is CCCCN(N)/C=N\N. The van der Waals surface area contributed by atoms with E-state index in [0.29, 0.717) is 0 Å². The van der Waals surface area contributed by atoms with Crippen LogP contribution in [0.15, 0.2) is 5.10 Å². The number of hydrazine groups is 1. The fourth-order valence-electron chi connectivity index (χ4n) is 0.484. The predicted molar refractivity (Wildman–Crippen MR) is 38.5 cm³/mol. The smallest absolute Gasteiger partial charge is 0.125 e. The first-order valence-electron chi connectivity index (χ1n) is 3.06. The summed E-state index contributed by atoms with van der Waals surface area (Å²) in [5.41, 5.74) is 0. The number of nitrogens with two attached hydrogens (primary N) is 2. The number of unbranched alkanes of at least 4 members (excludes halogenated alkanes) is 1. The maximum absolute atomic E-state index is 5.37. The second kappa shape index (κ2) is 5.37. The molecule has 0 spiro atoms. The predicted octanol–water partition coefficient (Wildman–Crippen LogP) is -0.136. The minimum atomic E-state index is 0.817. The van der Waals surface area contributed by atoms with Gasteiger partial charge in [0, 0.05) is 6.54 Å². The molecule has 4 nitrogen and oxygen atoms in total. The van der Waals surface area contributed by atoms with Crippen LogP contribution in [-0.4, -0.2) is 17.9 Å². The quantitative estimate of drug-likeness (QED) is 0.241. The molecule has 0 fully saturated rings. The van der Waals surface area contributed by atoms with Gasteiger partial charge in [-0.2, -0.15) is 5.10 Å². The van der Waals surface area contributed by atoms with Crippen LogP contribution in [0.5, 0.6) is 0 Å². The van der Waals surface area contributed by atoms with E-state index in [1.165, 1.54) is 11.3 Å². The third kappa shape index (κ3) is 5.10. The highest BCUT2D eigenvalue weighted by Crippen LogP contribution is 1.85. The highest BCUT2D eigenvalue weighted by atomic mass is 15.4. The van der Waals surface area contributed by atoms with Crippen molar-refractivity contribution >= 4 is 6.34 Å². The lowest BCUT2D eigenvalue weighted by Crippen LogP contribution is -2.30. The van der Waals surface area contributed by atoms with Crippen LogP contribution in [0, 0.1) is 0 Å². The zero-order valence-electron chi connectivity index (χ0n) is 5.75. The van der Waals surface area contributed by atoms with Crippen molar-refractivity contribution < 1.29 is 0 Å². The standard InChI is InChI=1S/C5H14N4/c1-2-3-4-9(7)5-8-6/h5H,2-4,6-7H2,1H3/b8-5-. The van der Waals surface area contributed by atoms with E-state index in [-0.39, 0.29) is 0 Å². The molecule has 0 aliphatic carbocycles. The van der Waals surface area contributed by atoms with E-state index in [0.717, 1.165) is 19.4 Å². The molecule has 0 atom stereocenters. The second-order valence-electron chi connectivity index (χ2n) is 1.86. The van der Waals surface area contributed by atoms with Gasteiger partial charge in [-0.25, -0.2) is 5.84 Å². The zero-order chi connectivity index (χ0) is 7.11. The summed E-state index contributed by atoms with van der Waals surface area (Å²) >= 11 is 0. The van der Waals surface area contributed by atoms with Gasteiger partial charge in [-0.15, -0.1) is 0 Å². The summed E-state index contributed by atoms with van der Waals surface area (Å²) in [6.45, 7) is 2.92. The lowest BCUT2D eigenvalue weighted by molar-refractivity contribution is 0.438. The maximum Gasteiger partial charge on any atom is 0.125 e. The largest absolute Gasteiger partial charge is 0.322 e. The van der Waals surface area contributed by atoms with Crippen molar-refractivity contribution in [3.05, 3.63) is 0 Å². The van der Waals surface area contributed by atoms with Gasteiger partial charge < -0.3 is 5.84 Å². The Morgan fingerprint density at radius 3 is 2.78 bits per heavy atom. The fourth-order valence-corrected chi connectivity index (χ4v) is 0.484. The van der Waals surface area contributed by atoms with Gasteiger partial charge in [0.05, 0.1) is 0 Å². The van der Waals surface area contributed by atoms with Crippen molar-refractivity contribution in [2.24, 2.45) is 16.8 Å². The van der Waals surface area contributed by atoms with Gasteiger partial charge in [0.25, 0.3) is 0 Å². The first-order valence-corrected chi connectivity index (χ1v) is 3.06. The van der Waals surface area contributed by atoms with Crippen molar-refractivity contribution in [2.45, 2.75) is 19.8 Å². The van der Waals surface area contributed by atoms with Crippen molar-refractivity contribution in [3.8, 4) is 0 Å². The average Bonchev–Trinajstić information content (AvgIpc) is 1.85. The highest BCUT2D eigenvalue weighted by molar-refractivity contribution is 5.53. The molecule has 0 bridgehead atoms. The molecule has 54 valence electrons. The first kappa shape index (κ1) is 8.23. The first-order chi connectivity index (χ1) is 4.31. The molecule has 4 heteroatoms. The van der Waals surface area contributed by atoms with Crippen LogP contribution in [-0.2, 0) is 0 Å². The van der Waals surface area contributed by atoms with Crippen LogP contribution in [0.4, 0.5) is 0 Å². The zero-order valence-corrected chi connectivity index (χ0v) is 5.75. The van der Waals surface area contributed by atoms with E-state index in [1.807, 2.05) is 0 Å². The lowest BCUT2D eigenvalue weighted by Gasteiger charge is -2.09. The van der Waals surface area contributed by atoms with Gasteiger partial charge in [-0.3, -0.25) is 5.01 Å². The summed E-state index contributed by atoms with van der Waals surface area (Å²) in [7, 11) is 0. The van der Waals surface area contributed by atoms with Crippen LogP contribution in [0.2, 0.25) is 0 Å². The van der Waals surface area contributed by atoms with Crippen LogP contribution < -0.4 is 11.7 Å². The molecule has 0 aliphatic heterocycles.